The number of amides is 1. The van der Waals surface area contributed by atoms with Crippen molar-refractivity contribution in [2.45, 2.75) is 26.2 Å². The summed E-state index contributed by atoms with van der Waals surface area (Å²) in [5.74, 6) is 0.583. The smallest absolute Gasteiger partial charge is 0.227 e. The lowest BCUT2D eigenvalue weighted by molar-refractivity contribution is -0.120. The Balaban J connectivity index is 1.48. The Bertz CT molecular complexity index is 651. The van der Waals surface area contributed by atoms with Crippen LogP contribution in [0, 0.1) is 6.92 Å². The van der Waals surface area contributed by atoms with Crippen LogP contribution in [0.1, 0.15) is 23.4 Å². The molecule has 1 aromatic heterocycles. The number of fused-ring (bicyclic) bond motifs is 1. The molecule has 0 spiro atoms. The molecular weight excluding hydrogens is 278 g/mol. The molecule has 5 nitrogen and oxygen atoms in total. The summed E-state index contributed by atoms with van der Waals surface area (Å²) in [5.41, 5.74) is 3.50. The van der Waals surface area contributed by atoms with E-state index in [2.05, 4.69) is 39.6 Å². The van der Waals surface area contributed by atoms with Crippen LogP contribution in [0.3, 0.4) is 0 Å². The van der Waals surface area contributed by atoms with Crippen molar-refractivity contribution in [2.75, 3.05) is 24.5 Å². The number of para-hydroxylation sites is 1. The van der Waals surface area contributed by atoms with Crippen molar-refractivity contribution in [3.63, 3.8) is 0 Å². The topological polar surface area (TPSA) is 58.4 Å². The number of hydrogen-bond donors (Lipinski definition) is 1. The van der Waals surface area contributed by atoms with Gasteiger partial charge in [0.2, 0.25) is 5.91 Å². The van der Waals surface area contributed by atoms with E-state index in [0.717, 1.165) is 25.2 Å². The van der Waals surface area contributed by atoms with Crippen molar-refractivity contribution in [2.24, 2.45) is 0 Å². The van der Waals surface area contributed by atoms with E-state index < -0.39 is 0 Å². The van der Waals surface area contributed by atoms with Crippen molar-refractivity contribution in [1.82, 2.24) is 10.5 Å². The molecule has 22 heavy (non-hydrogen) atoms. The average Bonchev–Trinajstić information content (AvgIpc) is 2.92. The van der Waals surface area contributed by atoms with Crippen molar-refractivity contribution < 1.29 is 9.32 Å². The molecular formula is C17H21N3O2. The predicted molar refractivity (Wildman–Crippen MR) is 84.9 cm³/mol. The van der Waals surface area contributed by atoms with Gasteiger partial charge in [0.1, 0.15) is 5.76 Å². The van der Waals surface area contributed by atoms with Crippen LogP contribution in [0.15, 0.2) is 34.9 Å². The highest BCUT2D eigenvalue weighted by Gasteiger charge is 2.16. The summed E-state index contributed by atoms with van der Waals surface area (Å²) in [6, 6.07) is 10.3. The number of hydrogen-bond acceptors (Lipinski definition) is 4. The predicted octanol–water partition coefficient (Wildman–Crippen LogP) is 2.09. The Morgan fingerprint density at radius 2 is 2.27 bits per heavy atom. The van der Waals surface area contributed by atoms with E-state index >= 15 is 0 Å². The molecule has 2 heterocycles. The fourth-order valence-corrected chi connectivity index (χ4v) is 2.89. The Morgan fingerprint density at radius 1 is 1.41 bits per heavy atom. The number of nitrogens with zero attached hydrogens (tertiary/aromatic N) is 2. The van der Waals surface area contributed by atoms with Gasteiger partial charge in [0, 0.05) is 31.4 Å². The summed E-state index contributed by atoms with van der Waals surface area (Å²) >= 11 is 0. The van der Waals surface area contributed by atoms with E-state index in [1.165, 1.54) is 17.7 Å². The number of carbonyl (C=O) groups excluding carboxylic acids is 1. The fourth-order valence-electron chi connectivity index (χ4n) is 2.89. The Kier molecular flexibility index (Phi) is 4.42. The fraction of sp³-hybridized carbons (Fsp3) is 0.412. The van der Waals surface area contributed by atoms with E-state index in [0.29, 0.717) is 12.3 Å². The van der Waals surface area contributed by atoms with Gasteiger partial charge >= 0.3 is 0 Å². The lowest BCUT2D eigenvalue weighted by Crippen LogP contribution is -2.38. The van der Waals surface area contributed by atoms with Crippen molar-refractivity contribution >= 4 is 11.6 Å². The minimum Gasteiger partial charge on any atom is -0.370 e. The monoisotopic (exact) mass is 299 g/mol. The zero-order valence-electron chi connectivity index (χ0n) is 12.8. The molecule has 1 amide bonds. The standard InChI is InChI=1S/C17H21N3O2/c1-13-11-15(22-19-13)12-17(21)18-8-10-20-9-4-6-14-5-2-3-7-16(14)20/h2-3,5,7,11H,4,6,8-10,12H2,1H3,(H,18,21). The number of aryl methyl sites for hydroxylation is 2. The molecule has 1 aliphatic heterocycles. The maximum Gasteiger partial charge on any atom is 0.227 e. The zero-order valence-corrected chi connectivity index (χ0v) is 12.8. The average molecular weight is 299 g/mol. The molecule has 1 N–H and O–H groups in total. The van der Waals surface area contributed by atoms with Crippen LogP contribution in [0.5, 0.6) is 0 Å². The highest BCUT2D eigenvalue weighted by atomic mass is 16.5. The Hall–Kier alpha value is -2.30. The van der Waals surface area contributed by atoms with Crippen molar-refractivity contribution in [1.29, 1.82) is 0 Å². The van der Waals surface area contributed by atoms with Crippen LogP contribution >= 0.6 is 0 Å². The molecule has 3 rings (SSSR count). The number of benzene rings is 1. The Labute approximate surface area is 130 Å². The summed E-state index contributed by atoms with van der Waals surface area (Å²) in [6.45, 7) is 4.37. The minimum atomic E-state index is -0.0264. The maximum atomic E-state index is 11.9. The molecule has 0 saturated heterocycles. The molecule has 2 aromatic rings. The van der Waals surface area contributed by atoms with Gasteiger partial charge in [-0.15, -0.1) is 0 Å². The Morgan fingerprint density at radius 3 is 3.09 bits per heavy atom. The molecule has 0 fully saturated rings. The largest absolute Gasteiger partial charge is 0.370 e. The van der Waals surface area contributed by atoms with Gasteiger partial charge in [0.15, 0.2) is 0 Å². The van der Waals surface area contributed by atoms with Gasteiger partial charge in [-0.05, 0) is 31.4 Å². The third kappa shape index (κ3) is 3.47. The molecule has 1 aromatic carbocycles. The number of nitrogens with one attached hydrogen (secondary N) is 1. The van der Waals surface area contributed by atoms with Crippen LogP contribution < -0.4 is 10.2 Å². The first-order valence-corrected chi connectivity index (χ1v) is 7.74. The molecule has 116 valence electrons. The van der Waals surface area contributed by atoms with E-state index in [9.17, 15) is 4.79 Å². The van der Waals surface area contributed by atoms with Gasteiger partial charge in [-0.2, -0.15) is 0 Å². The first-order chi connectivity index (χ1) is 10.7. The maximum absolute atomic E-state index is 11.9. The van der Waals surface area contributed by atoms with Crippen molar-refractivity contribution in [3.8, 4) is 0 Å². The third-order valence-electron chi connectivity index (χ3n) is 3.92. The van der Waals surface area contributed by atoms with E-state index in [-0.39, 0.29) is 12.3 Å². The number of anilines is 1. The quantitative estimate of drug-likeness (QED) is 0.918. The highest BCUT2D eigenvalue weighted by Crippen LogP contribution is 2.25. The number of carbonyl (C=O) groups is 1. The van der Waals surface area contributed by atoms with Crippen LogP contribution in [0.25, 0.3) is 0 Å². The molecule has 0 radical (unpaired) electrons. The molecule has 0 saturated carbocycles. The molecule has 1 aliphatic rings. The minimum absolute atomic E-state index is 0.0264. The normalized spacial score (nSPS) is 13.8. The van der Waals surface area contributed by atoms with E-state index in [1.54, 1.807) is 6.07 Å². The van der Waals surface area contributed by atoms with Crippen LogP contribution in [0.4, 0.5) is 5.69 Å². The summed E-state index contributed by atoms with van der Waals surface area (Å²) in [6.07, 6.45) is 2.56. The zero-order chi connectivity index (χ0) is 15.4. The summed E-state index contributed by atoms with van der Waals surface area (Å²) in [4.78, 5) is 14.2. The summed E-state index contributed by atoms with van der Waals surface area (Å²) < 4.78 is 5.06. The first-order valence-electron chi connectivity index (χ1n) is 7.74. The number of rotatable bonds is 5. The van der Waals surface area contributed by atoms with Gasteiger partial charge in [-0.1, -0.05) is 23.4 Å². The van der Waals surface area contributed by atoms with Gasteiger partial charge in [0.05, 0.1) is 12.1 Å². The lowest BCUT2D eigenvalue weighted by Gasteiger charge is -2.31. The van der Waals surface area contributed by atoms with Gasteiger partial charge < -0.3 is 14.7 Å². The summed E-state index contributed by atoms with van der Waals surface area (Å²) in [7, 11) is 0. The summed E-state index contributed by atoms with van der Waals surface area (Å²) in [5, 5.41) is 6.74. The van der Waals surface area contributed by atoms with Gasteiger partial charge in [-0.3, -0.25) is 4.79 Å². The molecule has 0 bridgehead atoms. The second-order valence-electron chi connectivity index (χ2n) is 5.68. The van der Waals surface area contributed by atoms with Gasteiger partial charge in [0.25, 0.3) is 0 Å². The second kappa shape index (κ2) is 6.64. The molecule has 5 heteroatoms. The molecule has 0 atom stereocenters. The first kappa shape index (κ1) is 14.6. The van der Waals surface area contributed by atoms with E-state index in [1.807, 2.05) is 6.92 Å². The van der Waals surface area contributed by atoms with Crippen LogP contribution in [-0.2, 0) is 17.6 Å². The second-order valence-corrected chi connectivity index (χ2v) is 5.68. The molecule has 0 unspecified atom stereocenters. The number of aromatic nitrogens is 1. The lowest BCUT2D eigenvalue weighted by atomic mass is 10.0. The highest BCUT2D eigenvalue weighted by molar-refractivity contribution is 5.77. The van der Waals surface area contributed by atoms with Crippen molar-refractivity contribution in [3.05, 3.63) is 47.3 Å². The van der Waals surface area contributed by atoms with Crippen LogP contribution in [0.2, 0.25) is 0 Å². The SMILES string of the molecule is Cc1cc(CC(=O)NCCN2CCCc3ccccc32)on1. The van der Waals surface area contributed by atoms with Gasteiger partial charge in [-0.25, -0.2) is 0 Å². The van der Waals surface area contributed by atoms with Crippen LogP contribution in [-0.4, -0.2) is 30.7 Å². The van der Waals surface area contributed by atoms with E-state index in [4.69, 9.17) is 4.52 Å². The third-order valence-corrected chi connectivity index (χ3v) is 3.92. The molecule has 0 aliphatic carbocycles.